The van der Waals surface area contributed by atoms with E-state index in [0.29, 0.717) is 23.2 Å². The maximum absolute atomic E-state index is 12.8. The summed E-state index contributed by atoms with van der Waals surface area (Å²) in [6, 6.07) is 8.81. The van der Waals surface area contributed by atoms with Gasteiger partial charge in [-0.3, -0.25) is 4.79 Å². The molecule has 2 fully saturated rings. The first kappa shape index (κ1) is 13.3. The van der Waals surface area contributed by atoms with Gasteiger partial charge >= 0.3 is 0 Å². The van der Waals surface area contributed by atoms with E-state index in [0.717, 1.165) is 18.4 Å². The van der Waals surface area contributed by atoms with E-state index >= 15 is 0 Å². The second-order valence-electron chi connectivity index (χ2n) is 6.24. The van der Waals surface area contributed by atoms with Crippen LogP contribution in [0.15, 0.2) is 18.2 Å². The van der Waals surface area contributed by atoms with Crippen LogP contribution in [0.3, 0.4) is 0 Å². The van der Waals surface area contributed by atoms with Crippen LogP contribution in [0.4, 0.5) is 0 Å². The molecule has 1 aromatic rings. The summed E-state index contributed by atoms with van der Waals surface area (Å²) in [7, 11) is 2.18. The Bertz CT molecular complexity index is 573. The summed E-state index contributed by atoms with van der Waals surface area (Å²) in [6.45, 7) is 1.97. The molecule has 3 rings (SSSR count). The molecule has 2 aliphatic heterocycles. The molecule has 0 N–H and O–H groups in total. The zero-order chi connectivity index (χ0) is 14.3. The van der Waals surface area contributed by atoms with Crippen LogP contribution in [-0.4, -0.2) is 29.8 Å². The topological polar surface area (TPSA) is 44.1 Å². The minimum atomic E-state index is 0.0950. The maximum Gasteiger partial charge on any atom is 0.167 e. The highest BCUT2D eigenvalue weighted by atomic mass is 16.1. The molecule has 0 radical (unpaired) electrons. The number of hydrogen-bond donors (Lipinski definition) is 0. The molecule has 0 aliphatic carbocycles. The highest BCUT2D eigenvalue weighted by molar-refractivity contribution is 6.00. The summed E-state index contributed by atoms with van der Waals surface area (Å²) in [5.41, 5.74) is 2.19. The summed E-state index contributed by atoms with van der Waals surface area (Å²) in [6.07, 6.45) is 4.32. The maximum atomic E-state index is 12.8. The average molecular weight is 268 g/mol. The van der Waals surface area contributed by atoms with Gasteiger partial charge in [0.15, 0.2) is 5.78 Å². The molecule has 20 heavy (non-hydrogen) atoms. The molecule has 2 heterocycles. The van der Waals surface area contributed by atoms with E-state index in [1.807, 2.05) is 19.1 Å². The Morgan fingerprint density at radius 2 is 1.95 bits per heavy atom. The van der Waals surface area contributed by atoms with Gasteiger partial charge in [-0.2, -0.15) is 5.26 Å². The fraction of sp³-hybridized carbons (Fsp3) is 0.529. The SMILES string of the molecule is Cc1ccc(C#N)c(C(=O)C2CC3CCC(C2)N3C)c1. The minimum absolute atomic E-state index is 0.0950. The highest BCUT2D eigenvalue weighted by Crippen LogP contribution is 2.38. The first-order valence-electron chi connectivity index (χ1n) is 7.37. The lowest BCUT2D eigenvalue weighted by Crippen LogP contribution is -2.42. The second kappa shape index (κ2) is 5.03. The molecule has 1 aromatic carbocycles. The van der Waals surface area contributed by atoms with E-state index in [1.165, 1.54) is 12.8 Å². The quantitative estimate of drug-likeness (QED) is 0.775. The van der Waals surface area contributed by atoms with E-state index in [2.05, 4.69) is 18.0 Å². The van der Waals surface area contributed by atoms with Crippen LogP contribution in [0.25, 0.3) is 0 Å². The predicted octanol–water partition coefficient (Wildman–Crippen LogP) is 2.92. The van der Waals surface area contributed by atoms with Crippen molar-refractivity contribution in [2.75, 3.05) is 7.05 Å². The Kier molecular flexibility index (Phi) is 3.35. The third-order valence-electron chi connectivity index (χ3n) is 5.03. The number of rotatable bonds is 2. The van der Waals surface area contributed by atoms with Crippen molar-refractivity contribution < 1.29 is 4.79 Å². The normalized spacial score (nSPS) is 29.1. The fourth-order valence-electron chi connectivity index (χ4n) is 3.80. The van der Waals surface area contributed by atoms with E-state index in [-0.39, 0.29) is 11.7 Å². The molecule has 3 nitrogen and oxygen atoms in total. The molecule has 2 saturated heterocycles. The van der Waals surface area contributed by atoms with Crippen molar-refractivity contribution in [3.05, 3.63) is 34.9 Å². The molecular formula is C17H20N2O. The smallest absolute Gasteiger partial charge is 0.167 e. The van der Waals surface area contributed by atoms with Crippen LogP contribution in [0, 0.1) is 24.2 Å². The van der Waals surface area contributed by atoms with Gasteiger partial charge in [0.25, 0.3) is 0 Å². The minimum Gasteiger partial charge on any atom is -0.300 e. The van der Waals surface area contributed by atoms with Crippen LogP contribution in [-0.2, 0) is 0 Å². The molecule has 104 valence electrons. The Morgan fingerprint density at radius 3 is 2.55 bits per heavy atom. The number of nitriles is 1. The van der Waals surface area contributed by atoms with Gasteiger partial charge in [-0.25, -0.2) is 0 Å². The van der Waals surface area contributed by atoms with Crippen molar-refractivity contribution >= 4 is 5.78 Å². The predicted molar refractivity (Wildman–Crippen MR) is 77.5 cm³/mol. The van der Waals surface area contributed by atoms with E-state index in [4.69, 9.17) is 0 Å². The lowest BCUT2D eigenvalue weighted by atomic mass is 9.83. The van der Waals surface area contributed by atoms with Crippen molar-refractivity contribution in [2.24, 2.45) is 5.92 Å². The van der Waals surface area contributed by atoms with E-state index < -0.39 is 0 Å². The molecular weight excluding hydrogens is 248 g/mol. The van der Waals surface area contributed by atoms with Crippen LogP contribution >= 0.6 is 0 Å². The Labute approximate surface area is 120 Å². The van der Waals surface area contributed by atoms with Crippen molar-refractivity contribution in [1.29, 1.82) is 5.26 Å². The van der Waals surface area contributed by atoms with Crippen LogP contribution < -0.4 is 0 Å². The van der Waals surface area contributed by atoms with E-state index in [1.54, 1.807) is 6.07 Å². The van der Waals surface area contributed by atoms with Gasteiger partial charge in [-0.1, -0.05) is 11.6 Å². The van der Waals surface area contributed by atoms with Crippen molar-refractivity contribution in [1.82, 2.24) is 4.90 Å². The summed E-state index contributed by atoms with van der Waals surface area (Å²) in [5.74, 6) is 0.271. The monoisotopic (exact) mass is 268 g/mol. The zero-order valence-electron chi connectivity index (χ0n) is 12.1. The molecule has 0 saturated carbocycles. The number of ketones is 1. The molecule has 2 unspecified atom stereocenters. The third kappa shape index (κ3) is 2.14. The van der Waals surface area contributed by atoms with Gasteiger partial charge in [0.1, 0.15) is 0 Å². The second-order valence-corrected chi connectivity index (χ2v) is 6.24. The molecule has 0 aromatic heterocycles. The largest absolute Gasteiger partial charge is 0.300 e. The lowest BCUT2D eigenvalue weighted by molar-refractivity contribution is 0.0767. The van der Waals surface area contributed by atoms with Crippen LogP contribution in [0.2, 0.25) is 0 Å². The third-order valence-corrected chi connectivity index (χ3v) is 5.03. The zero-order valence-corrected chi connectivity index (χ0v) is 12.1. The standard InChI is InChI=1S/C17H20N2O/c1-11-3-4-12(10-18)16(7-11)17(20)13-8-14-5-6-15(9-13)19(14)2/h3-4,7,13-15H,5-6,8-9H2,1-2H3. The van der Waals surface area contributed by atoms with Gasteiger partial charge < -0.3 is 4.90 Å². The number of benzene rings is 1. The number of Topliss-reactive ketones (excluding diaryl/α,β-unsaturated/α-hetero) is 1. The number of aryl methyl sites for hydroxylation is 1. The lowest BCUT2D eigenvalue weighted by Gasteiger charge is -2.35. The Hall–Kier alpha value is -1.66. The number of hydrogen-bond acceptors (Lipinski definition) is 3. The first-order chi connectivity index (χ1) is 9.60. The van der Waals surface area contributed by atoms with Crippen molar-refractivity contribution in [3.8, 4) is 6.07 Å². The Balaban J connectivity index is 1.87. The number of carbonyl (C=O) groups excluding carboxylic acids is 1. The number of fused-ring (bicyclic) bond motifs is 2. The van der Waals surface area contributed by atoms with Gasteiger partial charge in [-0.15, -0.1) is 0 Å². The van der Waals surface area contributed by atoms with Crippen LogP contribution in [0.5, 0.6) is 0 Å². The molecule has 0 amide bonds. The molecule has 2 atom stereocenters. The van der Waals surface area contributed by atoms with Gasteiger partial charge in [0.2, 0.25) is 0 Å². The average Bonchev–Trinajstić information content (AvgIpc) is 2.68. The first-order valence-corrected chi connectivity index (χ1v) is 7.37. The molecule has 0 spiro atoms. The number of piperidine rings is 1. The van der Waals surface area contributed by atoms with Gasteiger partial charge in [0.05, 0.1) is 11.6 Å². The van der Waals surface area contributed by atoms with E-state index in [9.17, 15) is 10.1 Å². The fourth-order valence-corrected chi connectivity index (χ4v) is 3.80. The van der Waals surface area contributed by atoms with Crippen LogP contribution in [0.1, 0.15) is 47.2 Å². The van der Waals surface area contributed by atoms with Crippen molar-refractivity contribution in [3.63, 3.8) is 0 Å². The molecule has 2 aliphatic rings. The molecule has 2 bridgehead atoms. The number of nitrogens with zero attached hydrogens (tertiary/aromatic N) is 2. The summed E-state index contributed by atoms with van der Waals surface area (Å²) in [5, 5.41) is 9.20. The number of carbonyl (C=O) groups is 1. The summed E-state index contributed by atoms with van der Waals surface area (Å²) < 4.78 is 0. The highest BCUT2D eigenvalue weighted by Gasteiger charge is 2.41. The summed E-state index contributed by atoms with van der Waals surface area (Å²) in [4.78, 5) is 15.2. The summed E-state index contributed by atoms with van der Waals surface area (Å²) >= 11 is 0. The molecule has 3 heteroatoms. The Morgan fingerprint density at radius 1 is 1.30 bits per heavy atom. The van der Waals surface area contributed by atoms with Crippen molar-refractivity contribution in [2.45, 2.75) is 44.7 Å². The van der Waals surface area contributed by atoms with Gasteiger partial charge in [0, 0.05) is 23.6 Å². The van der Waals surface area contributed by atoms with Gasteiger partial charge in [-0.05, 0) is 51.8 Å².